The van der Waals surface area contributed by atoms with Gasteiger partial charge in [0.2, 0.25) is 0 Å². The van der Waals surface area contributed by atoms with Gasteiger partial charge in [0.15, 0.2) is 0 Å². The van der Waals surface area contributed by atoms with Gasteiger partial charge in [0.25, 0.3) is 0 Å². The Kier molecular flexibility index (Phi) is 5.32. The number of hydrogen-bond donors (Lipinski definition) is 3. The van der Waals surface area contributed by atoms with E-state index in [0.717, 1.165) is 24.0 Å². The van der Waals surface area contributed by atoms with Gasteiger partial charge in [0, 0.05) is 31.1 Å². The Morgan fingerprint density at radius 1 is 1.26 bits per heavy atom. The lowest BCUT2D eigenvalue weighted by molar-refractivity contribution is -0.0276. The van der Waals surface area contributed by atoms with Crippen molar-refractivity contribution in [2.45, 2.75) is 45.1 Å². The number of nitrogens with zero attached hydrogens (tertiary/aromatic N) is 2. The molecule has 0 radical (unpaired) electrons. The van der Waals surface area contributed by atoms with Gasteiger partial charge >= 0.3 is 6.03 Å². The van der Waals surface area contributed by atoms with Gasteiger partial charge in [0.1, 0.15) is 17.3 Å². The fourth-order valence-electron chi connectivity index (χ4n) is 3.25. The number of aliphatic hydroxyl groups is 1. The van der Waals surface area contributed by atoms with Crippen molar-refractivity contribution in [1.29, 1.82) is 0 Å². The number of amides is 2. The average molecular weight is 370 g/mol. The van der Waals surface area contributed by atoms with E-state index >= 15 is 0 Å². The predicted molar refractivity (Wildman–Crippen MR) is 103 cm³/mol. The lowest BCUT2D eigenvalue weighted by Crippen LogP contribution is -2.39. The molecule has 0 spiro atoms. The molecule has 144 valence electrons. The van der Waals surface area contributed by atoms with Crippen LogP contribution >= 0.6 is 0 Å². The third-order valence-corrected chi connectivity index (χ3v) is 5.02. The van der Waals surface area contributed by atoms with E-state index in [2.05, 4.69) is 20.6 Å². The lowest BCUT2D eigenvalue weighted by atomic mass is 9.65. The highest BCUT2D eigenvalue weighted by Crippen LogP contribution is 2.49. The number of rotatable bonds is 5. The normalized spacial score (nSPS) is 19.1. The van der Waals surface area contributed by atoms with Crippen LogP contribution in [-0.4, -0.2) is 33.8 Å². The van der Waals surface area contributed by atoms with Crippen molar-refractivity contribution in [2.75, 3.05) is 12.4 Å². The van der Waals surface area contributed by atoms with Gasteiger partial charge in [-0.05, 0) is 57.1 Å². The van der Waals surface area contributed by atoms with Crippen molar-refractivity contribution in [3.63, 3.8) is 0 Å². The van der Waals surface area contributed by atoms with E-state index in [4.69, 9.17) is 4.74 Å². The van der Waals surface area contributed by atoms with Gasteiger partial charge in [-0.1, -0.05) is 0 Å². The molecular weight excluding hydrogens is 344 g/mol. The SMILES string of the molecule is CNC(=O)Nc1cc(Oc2cncc(C)c2)c(C2CC(C(C)(C)O)C2)cn1. The molecule has 0 aromatic carbocycles. The number of hydrogen-bond acceptors (Lipinski definition) is 5. The Hall–Kier alpha value is -2.67. The van der Waals surface area contributed by atoms with E-state index in [1.807, 2.05) is 26.8 Å². The Morgan fingerprint density at radius 3 is 2.63 bits per heavy atom. The quantitative estimate of drug-likeness (QED) is 0.747. The molecule has 1 aliphatic carbocycles. The molecule has 2 amide bonds. The molecule has 0 aliphatic heterocycles. The third-order valence-electron chi connectivity index (χ3n) is 5.02. The molecule has 3 N–H and O–H groups in total. The fraction of sp³-hybridized carbons (Fsp3) is 0.450. The topological polar surface area (TPSA) is 96.4 Å². The average Bonchev–Trinajstić information content (AvgIpc) is 2.54. The van der Waals surface area contributed by atoms with Crippen molar-refractivity contribution in [3.05, 3.63) is 41.9 Å². The highest BCUT2D eigenvalue weighted by Gasteiger charge is 2.40. The molecule has 2 aromatic heterocycles. The number of nitrogens with one attached hydrogen (secondary N) is 2. The Labute approximate surface area is 159 Å². The van der Waals surface area contributed by atoms with E-state index in [0.29, 0.717) is 17.3 Å². The maximum Gasteiger partial charge on any atom is 0.320 e. The van der Waals surface area contributed by atoms with E-state index in [-0.39, 0.29) is 17.9 Å². The molecule has 7 heteroatoms. The molecule has 2 aromatic rings. The van der Waals surface area contributed by atoms with Gasteiger partial charge in [-0.15, -0.1) is 0 Å². The summed E-state index contributed by atoms with van der Waals surface area (Å²) in [6, 6.07) is 3.29. The molecular formula is C20H26N4O3. The Morgan fingerprint density at radius 2 is 2.00 bits per heavy atom. The second-order valence-corrected chi connectivity index (χ2v) is 7.63. The summed E-state index contributed by atoms with van der Waals surface area (Å²) in [5.74, 6) is 2.19. The zero-order valence-electron chi connectivity index (χ0n) is 16.1. The van der Waals surface area contributed by atoms with Crippen LogP contribution in [0.3, 0.4) is 0 Å². The monoisotopic (exact) mass is 370 g/mol. The lowest BCUT2D eigenvalue weighted by Gasteiger charge is -2.43. The summed E-state index contributed by atoms with van der Waals surface area (Å²) in [6.45, 7) is 5.64. The number of carbonyl (C=O) groups is 1. The first-order chi connectivity index (χ1) is 12.8. The van der Waals surface area contributed by atoms with Gasteiger partial charge in [-0.2, -0.15) is 0 Å². The van der Waals surface area contributed by atoms with Crippen LogP contribution in [-0.2, 0) is 0 Å². The standard InChI is InChI=1S/C20H26N4O3/c1-12-5-15(10-22-9-12)27-17-8-18(24-19(25)21-4)23-11-16(17)13-6-14(7-13)20(2,3)26/h5,8-11,13-14,26H,6-7H2,1-4H3,(H2,21,23,24,25). The molecule has 2 heterocycles. The smallest absolute Gasteiger partial charge is 0.320 e. The van der Waals surface area contributed by atoms with Crippen LogP contribution in [0.4, 0.5) is 10.6 Å². The van der Waals surface area contributed by atoms with Crippen LogP contribution in [0.2, 0.25) is 0 Å². The number of carbonyl (C=O) groups excluding carboxylic acids is 1. The third kappa shape index (κ3) is 4.54. The second kappa shape index (κ2) is 7.52. The number of urea groups is 1. The first-order valence-electron chi connectivity index (χ1n) is 9.07. The summed E-state index contributed by atoms with van der Waals surface area (Å²) in [7, 11) is 1.55. The van der Waals surface area contributed by atoms with E-state index in [1.54, 1.807) is 31.7 Å². The summed E-state index contributed by atoms with van der Waals surface area (Å²) in [5.41, 5.74) is 1.28. The number of anilines is 1. The van der Waals surface area contributed by atoms with E-state index in [1.165, 1.54) is 0 Å². The van der Waals surface area contributed by atoms with Crippen LogP contribution in [0, 0.1) is 12.8 Å². The van der Waals surface area contributed by atoms with Gasteiger partial charge in [-0.25, -0.2) is 9.78 Å². The molecule has 0 saturated heterocycles. The molecule has 7 nitrogen and oxygen atoms in total. The van der Waals surface area contributed by atoms with Crippen molar-refractivity contribution in [1.82, 2.24) is 15.3 Å². The van der Waals surface area contributed by atoms with Crippen molar-refractivity contribution < 1.29 is 14.6 Å². The fourth-order valence-corrected chi connectivity index (χ4v) is 3.25. The number of ether oxygens (including phenoxy) is 1. The summed E-state index contributed by atoms with van der Waals surface area (Å²) < 4.78 is 6.09. The minimum absolute atomic E-state index is 0.250. The van der Waals surface area contributed by atoms with Gasteiger partial charge in [0.05, 0.1) is 11.8 Å². The van der Waals surface area contributed by atoms with Gasteiger partial charge in [-0.3, -0.25) is 10.3 Å². The van der Waals surface area contributed by atoms with Crippen LogP contribution in [0.15, 0.2) is 30.7 Å². The number of aromatic nitrogens is 2. The van der Waals surface area contributed by atoms with E-state index in [9.17, 15) is 9.90 Å². The maximum atomic E-state index is 11.6. The summed E-state index contributed by atoms with van der Waals surface area (Å²) in [4.78, 5) is 20.1. The first kappa shape index (κ1) is 19.1. The molecule has 3 rings (SSSR count). The Bertz CT molecular complexity index is 826. The summed E-state index contributed by atoms with van der Waals surface area (Å²) in [5, 5.41) is 15.4. The number of aryl methyl sites for hydroxylation is 1. The molecule has 0 unspecified atom stereocenters. The first-order valence-corrected chi connectivity index (χ1v) is 9.07. The molecule has 27 heavy (non-hydrogen) atoms. The highest BCUT2D eigenvalue weighted by molar-refractivity contribution is 5.88. The Balaban J connectivity index is 1.86. The zero-order valence-corrected chi connectivity index (χ0v) is 16.1. The summed E-state index contributed by atoms with van der Waals surface area (Å²) >= 11 is 0. The van der Waals surface area contributed by atoms with Crippen molar-refractivity contribution >= 4 is 11.8 Å². The molecule has 0 atom stereocenters. The molecule has 1 saturated carbocycles. The second-order valence-electron chi connectivity index (χ2n) is 7.63. The van der Waals surface area contributed by atoms with Crippen LogP contribution in [0.1, 0.15) is 43.7 Å². The maximum absolute atomic E-state index is 11.6. The van der Waals surface area contributed by atoms with E-state index < -0.39 is 5.60 Å². The highest BCUT2D eigenvalue weighted by atomic mass is 16.5. The van der Waals surface area contributed by atoms with Crippen LogP contribution in [0.5, 0.6) is 11.5 Å². The van der Waals surface area contributed by atoms with Crippen molar-refractivity contribution in [3.8, 4) is 11.5 Å². The minimum Gasteiger partial charge on any atom is -0.455 e. The molecule has 0 bridgehead atoms. The zero-order chi connectivity index (χ0) is 19.6. The van der Waals surface area contributed by atoms with Gasteiger partial charge < -0.3 is 15.2 Å². The summed E-state index contributed by atoms with van der Waals surface area (Å²) in [6.07, 6.45) is 6.91. The minimum atomic E-state index is -0.688. The predicted octanol–water partition coefficient (Wildman–Crippen LogP) is 3.59. The largest absolute Gasteiger partial charge is 0.455 e. The van der Waals surface area contributed by atoms with Crippen LogP contribution < -0.4 is 15.4 Å². The van der Waals surface area contributed by atoms with Crippen molar-refractivity contribution in [2.24, 2.45) is 5.92 Å². The number of pyridine rings is 2. The molecule has 1 aliphatic rings. The van der Waals surface area contributed by atoms with Crippen LogP contribution in [0.25, 0.3) is 0 Å². The molecule has 1 fully saturated rings.